The van der Waals surface area contributed by atoms with Gasteiger partial charge in [0.15, 0.2) is 0 Å². The Balaban J connectivity index is 2.15. The van der Waals surface area contributed by atoms with Crippen LogP contribution in [0.1, 0.15) is 25.3 Å². The lowest BCUT2D eigenvalue weighted by Gasteiger charge is -2.10. The molecule has 102 valence electrons. The smallest absolute Gasteiger partial charge is 0.242 e. The molecule has 0 spiro atoms. The monoisotopic (exact) mass is 280 g/mol. The number of aliphatic hydroxyl groups excluding tert-OH is 1. The fourth-order valence-electron chi connectivity index (χ4n) is 1.52. The summed E-state index contributed by atoms with van der Waals surface area (Å²) in [5.74, 6) is 5.10. The number of rotatable bonds is 4. The van der Waals surface area contributed by atoms with E-state index in [2.05, 4.69) is 28.5 Å². The number of aromatic nitrogens is 1. The Morgan fingerprint density at radius 2 is 2.21 bits per heavy atom. The molecule has 0 radical (unpaired) electrons. The highest BCUT2D eigenvalue weighted by molar-refractivity contribution is 7.89. The SMILES string of the molecule is CC1(CNS(=O)(=O)c2cncc(C#CCO)c2)CC1. The molecule has 2 N–H and O–H groups in total. The van der Waals surface area contributed by atoms with Crippen LogP contribution in [0.15, 0.2) is 23.4 Å². The van der Waals surface area contributed by atoms with Gasteiger partial charge in [0.1, 0.15) is 11.5 Å². The number of nitrogens with zero attached hydrogens (tertiary/aromatic N) is 1. The first-order chi connectivity index (χ1) is 8.95. The molecule has 1 saturated carbocycles. The minimum absolute atomic E-state index is 0.0986. The van der Waals surface area contributed by atoms with E-state index in [1.165, 1.54) is 18.5 Å². The molecule has 0 saturated heterocycles. The van der Waals surface area contributed by atoms with Crippen LogP contribution in [0.4, 0.5) is 0 Å². The lowest BCUT2D eigenvalue weighted by Crippen LogP contribution is -2.29. The van der Waals surface area contributed by atoms with Crippen molar-refractivity contribution in [3.63, 3.8) is 0 Å². The molecule has 6 heteroatoms. The van der Waals surface area contributed by atoms with Crippen LogP contribution in [0.25, 0.3) is 0 Å². The van der Waals surface area contributed by atoms with E-state index in [9.17, 15) is 8.42 Å². The van der Waals surface area contributed by atoms with Gasteiger partial charge >= 0.3 is 0 Å². The van der Waals surface area contributed by atoms with Crippen molar-refractivity contribution in [2.24, 2.45) is 5.41 Å². The fraction of sp³-hybridized carbons (Fsp3) is 0.462. The molecule has 2 rings (SSSR count). The zero-order valence-corrected chi connectivity index (χ0v) is 11.5. The zero-order chi connectivity index (χ0) is 13.9. The minimum Gasteiger partial charge on any atom is -0.384 e. The van der Waals surface area contributed by atoms with Crippen LogP contribution in [-0.4, -0.2) is 31.7 Å². The van der Waals surface area contributed by atoms with Crippen molar-refractivity contribution >= 4 is 10.0 Å². The van der Waals surface area contributed by atoms with Crippen molar-refractivity contribution in [3.8, 4) is 11.8 Å². The van der Waals surface area contributed by atoms with E-state index in [1.807, 2.05) is 0 Å². The Bertz CT molecular complexity index is 625. The first kappa shape index (κ1) is 14.0. The Kier molecular flexibility index (Phi) is 3.90. The van der Waals surface area contributed by atoms with Gasteiger partial charge in [0, 0.05) is 24.5 Å². The molecule has 1 aromatic rings. The van der Waals surface area contributed by atoms with E-state index in [4.69, 9.17) is 5.11 Å². The summed E-state index contributed by atoms with van der Waals surface area (Å²) in [6, 6.07) is 1.45. The zero-order valence-electron chi connectivity index (χ0n) is 10.7. The van der Waals surface area contributed by atoms with E-state index in [1.54, 1.807) is 0 Å². The Hall–Kier alpha value is -1.42. The van der Waals surface area contributed by atoms with Gasteiger partial charge in [-0.15, -0.1) is 0 Å². The van der Waals surface area contributed by atoms with Crippen molar-refractivity contribution in [2.75, 3.05) is 13.2 Å². The Labute approximate surface area is 113 Å². The molecule has 1 heterocycles. The summed E-state index contributed by atoms with van der Waals surface area (Å²) in [5.41, 5.74) is 0.573. The second-order valence-corrected chi connectivity index (χ2v) is 6.77. The summed E-state index contributed by atoms with van der Waals surface area (Å²) in [5, 5.41) is 8.61. The van der Waals surface area contributed by atoms with E-state index < -0.39 is 10.0 Å². The maximum Gasteiger partial charge on any atom is 0.242 e. The van der Waals surface area contributed by atoms with Crippen LogP contribution in [0.3, 0.4) is 0 Å². The molecule has 1 aliphatic carbocycles. The lowest BCUT2D eigenvalue weighted by atomic mass is 10.2. The second kappa shape index (κ2) is 5.29. The summed E-state index contributed by atoms with van der Waals surface area (Å²) in [4.78, 5) is 3.96. The molecule has 0 aliphatic heterocycles. The van der Waals surface area contributed by atoms with Crippen molar-refractivity contribution in [2.45, 2.75) is 24.7 Å². The Morgan fingerprint density at radius 1 is 1.47 bits per heavy atom. The molecule has 1 aromatic heterocycles. The van der Waals surface area contributed by atoms with Crippen molar-refractivity contribution in [1.82, 2.24) is 9.71 Å². The highest BCUT2D eigenvalue weighted by Gasteiger charge is 2.38. The molecule has 0 atom stereocenters. The third-order valence-electron chi connectivity index (χ3n) is 3.13. The van der Waals surface area contributed by atoms with Crippen LogP contribution in [0, 0.1) is 17.3 Å². The third kappa shape index (κ3) is 3.77. The summed E-state index contributed by atoms with van der Waals surface area (Å²) in [6.07, 6.45) is 4.86. The summed E-state index contributed by atoms with van der Waals surface area (Å²) < 4.78 is 26.8. The van der Waals surface area contributed by atoms with Gasteiger partial charge < -0.3 is 5.11 Å². The van der Waals surface area contributed by atoms with Crippen molar-refractivity contribution in [3.05, 3.63) is 24.0 Å². The molecular weight excluding hydrogens is 264 g/mol. The molecule has 0 amide bonds. The number of sulfonamides is 1. The highest BCUT2D eigenvalue weighted by Crippen LogP contribution is 2.44. The van der Waals surface area contributed by atoms with Gasteiger partial charge in [-0.05, 0) is 24.3 Å². The summed E-state index contributed by atoms with van der Waals surface area (Å²) in [7, 11) is -3.54. The highest BCUT2D eigenvalue weighted by atomic mass is 32.2. The number of pyridine rings is 1. The van der Waals surface area contributed by atoms with Gasteiger partial charge in [0.05, 0.1) is 0 Å². The van der Waals surface area contributed by atoms with Gasteiger partial charge in [-0.25, -0.2) is 13.1 Å². The topological polar surface area (TPSA) is 79.3 Å². The van der Waals surface area contributed by atoms with Crippen LogP contribution in [0.5, 0.6) is 0 Å². The van der Waals surface area contributed by atoms with Crippen molar-refractivity contribution in [1.29, 1.82) is 0 Å². The standard InChI is InChI=1S/C13H16N2O3S/c1-13(4-5-13)10-15-19(17,18)12-7-11(3-2-6-16)8-14-9-12/h7-9,15-16H,4-6,10H2,1H3. The van der Waals surface area contributed by atoms with Crippen LogP contribution >= 0.6 is 0 Å². The molecule has 0 bridgehead atoms. The predicted molar refractivity (Wildman–Crippen MR) is 70.7 cm³/mol. The van der Waals surface area contributed by atoms with Crippen LogP contribution < -0.4 is 4.72 Å². The average molecular weight is 280 g/mol. The van der Waals surface area contributed by atoms with Crippen molar-refractivity contribution < 1.29 is 13.5 Å². The maximum absolute atomic E-state index is 12.1. The van der Waals surface area contributed by atoms with Crippen LogP contribution in [-0.2, 0) is 10.0 Å². The van der Waals surface area contributed by atoms with E-state index in [-0.39, 0.29) is 16.9 Å². The van der Waals surface area contributed by atoms with Gasteiger partial charge in [-0.3, -0.25) is 4.98 Å². The number of hydrogen-bond donors (Lipinski definition) is 2. The third-order valence-corrected chi connectivity index (χ3v) is 4.50. The molecule has 0 aromatic carbocycles. The normalized spacial score (nSPS) is 16.5. The molecule has 1 aliphatic rings. The average Bonchev–Trinajstić information content (AvgIpc) is 3.13. The largest absolute Gasteiger partial charge is 0.384 e. The number of nitrogens with one attached hydrogen (secondary N) is 1. The maximum atomic E-state index is 12.1. The van der Waals surface area contributed by atoms with E-state index in [0.717, 1.165) is 12.8 Å². The number of aliphatic hydroxyl groups is 1. The molecule has 5 nitrogen and oxygen atoms in total. The van der Waals surface area contributed by atoms with Crippen LogP contribution in [0.2, 0.25) is 0 Å². The first-order valence-corrected chi connectivity index (χ1v) is 7.48. The quantitative estimate of drug-likeness (QED) is 0.787. The lowest BCUT2D eigenvalue weighted by molar-refractivity contribution is 0.350. The molecule has 0 unspecified atom stereocenters. The molecule has 19 heavy (non-hydrogen) atoms. The van der Waals surface area contributed by atoms with Gasteiger partial charge in [-0.2, -0.15) is 0 Å². The molecular formula is C13H16N2O3S. The van der Waals surface area contributed by atoms with Gasteiger partial charge in [-0.1, -0.05) is 18.8 Å². The second-order valence-electron chi connectivity index (χ2n) is 5.00. The van der Waals surface area contributed by atoms with Gasteiger partial charge in [0.25, 0.3) is 0 Å². The van der Waals surface area contributed by atoms with Gasteiger partial charge in [0.2, 0.25) is 10.0 Å². The van der Waals surface area contributed by atoms with E-state index >= 15 is 0 Å². The minimum atomic E-state index is -3.54. The first-order valence-electron chi connectivity index (χ1n) is 6.00. The summed E-state index contributed by atoms with van der Waals surface area (Å²) in [6.45, 7) is 2.23. The number of hydrogen-bond acceptors (Lipinski definition) is 4. The Morgan fingerprint density at radius 3 is 2.84 bits per heavy atom. The fourth-order valence-corrected chi connectivity index (χ4v) is 2.71. The summed E-state index contributed by atoms with van der Waals surface area (Å²) >= 11 is 0. The molecule has 1 fully saturated rings. The van der Waals surface area contributed by atoms with E-state index in [0.29, 0.717) is 12.1 Å². The predicted octanol–water partition coefficient (Wildman–Crippen LogP) is 0.504.